The fourth-order valence-corrected chi connectivity index (χ4v) is 1.68. The molecule has 0 saturated carbocycles. The summed E-state index contributed by atoms with van der Waals surface area (Å²) in [6.45, 7) is 11.1. The average Bonchev–Trinajstić information content (AvgIpc) is 2.35. The quantitative estimate of drug-likeness (QED) is 0.808. The van der Waals surface area contributed by atoms with Gasteiger partial charge in [0.05, 0.1) is 13.7 Å². The minimum absolute atomic E-state index is 0.103. The maximum absolute atomic E-state index is 5.88. The fourth-order valence-electron chi connectivity index (χ4n) is 1.68. The third kappa shape index (κ3) is 4.57. The predicted molar refractivity (Wildman–Crippen MR) is 75.6 cm³/mol. The van der Waals surface area contributed by atoms with Gasteiger partial charge in [0.2, 0.25) is 0 Å². The molecule has 0 fully saturated rings. The Bertz CT molecular complexity index is 375. The summed E-state index contributed by atoms with van der Waals surface area (Å²) in [7, 11) is 1.67. The maximum atomic E-state index is 5.88. The van der Waals surface area contributed by atoms with Crippen LogP contribution in [0.1, 0.15) is 26.3 Å². The number of nitrogens with one attached hydrogen (secondary N) is 1. The SMILES string of the molecule is CCNCC(C)(C)COc1ccc(C)cc1OC. The topological polar surface area (TPSA) is 30.5 Å². The number of aryl methyl sites for hydroxylation is 1. The lowest BCUT2D eigenvalue weighted by Crippen LogP contribution is -2.34. The van der Waals surface area contributed by atoms with Crippen LogP contribution in [0, 0.1) is 12.3 Å². The van der Waals surface area contributed by atoms with Crippen molar-refractivity contribution in [3.8, 4) is 11.5 Å². The van der Waals surface area contributed by atoms with Gasteiger partial charge in [0.25, 0.3) is 0 Å². The molecule has 0 radical (unpaired) electrons. The van der Waals surface area contributed by atoms with Crippen molar-refractivity contribution in [1.29, 1.82) is 0 Å². The first-order valence-corrected chi connectivity index (χ1v) is 6.46. The molecule has 0 saturated heterocycles. The normalized spacial score (nSPS) is 11.4. The summed E-state index contributed by atoms with van der Waals surface area (Å²) in [5.41, 5.74) is 1.28. The molecule has 0 aliphatic carbocycles. The van der Waals surface area contributed by atoms with Crippen molar-refractivity contribution in [2.24, 2.45) is 5.41 Å². The largest absolute Gasteiger partial charge is 0.493 e. The first-order chi connectivity index (χ1) is 8.48. The van der Waals surface area contributed by atoms with Crippen molar-refractivity contribution in [3.63, 3.8) is 0 Å². The van der Waals surface area contributed by atoms with Gasteiger partial charge in [-0.3, -0.25) is 0 Å². The van der Waals surface area contributed by atoms with Gasteiger partial charge in [-0.15, -0.1) is 0 Å². The molecule has 0 amide bonds. The third-order valence-corrected chi connectivity index (χ3v) is 2.79. The van der Waals surface area contributed by atoms with Gasteiger partial charge >= 0.3 is 0 Å². The molecule has 0 heterocycles. The summed E-state index contributed by atoms with van der Waals surface area (Å²) in [5.74, 6) is 1.61. The minimum atomic E-state index is 0.103. The van der Waals surface area contributed by atoms with Gasteiger partial charge in [0, 0.05) is 12.0 Å². The van der Waals surface area contributed by atoms with E-state index in [1.54, 1.807) is 7.11 Å². The van der Waals surface area contributed by atoms with E-state index in [1.807, 2.05) is 25.1 Å². The molecule has 0 spiro atoms. The summed E-state index contributed by atoms with van der Waals surface area (Å²) >= 11 is 0. The Morgan fingerprint density at radius 3 is 2.56 bits per heavy atom. The third-order valence-electron chi connectivity index (χ3n) is 2.79. The van der Waals surface area contributed by atoms with E-state index in [4.69, 9.17) is 9.47 Å². The van der Waals surface area contributed by atoms with Crippen molar-refractivity contribution in [3.05, 3.63) is 23.8 Å². The second kappa shape index (κ2) is 6.64. The van der Waals surface area contributed by atoms with Crippen molar-refractivity contribution in [2.75, 3.05) is 26.8 Å². The van der Waals surface area contributed by atoms with Crippen LogP contribution in [0.25, 0.3) is 0 Å². The van der Waals surface area contributed by atoms with Crippen molar-refractivity contribution in [1.82, 2.24) is 5.32 Å². The average molecular weight is 251 g/mol. The summed E-state index contributed by atoms with van der Waals surface area (Å²) < 4.78 is 11.2. The van der Waals surface area contributed by atoms with Crippen molar-refractivity contribution < 1.29 is 9.47 Å². The van der Waals surface area contributed by atoms with Gasteiger partial charge in [-0.1, -0.05) is 26.8 Å². The molecule has 18 heavy (non-hydrogen) atoms. The van der Waals surface area contributed by atoms with E-state index in [0.29, 0.717) is 6.61 Å². The molecule has 0 aliphatic heterocycles. The van der Waals surface area contributed by atoms with Gasteiger partial charge in [-0.25, -0.2) is 0 Å². The predicted octanol–water partition coefficient (Wildman–Crippen LogP) is 3.02. The molecule has 1 N–H and O–H groups in total. The molecule has 1 aromatic carbocycles. The number of benzene rings is 1. The number of hydrogen-bond donors (Lipinski definition) is 1. The van der Waals surface area contributed by atoms with Crippen molar-refractivity contribution >= 4 is 0 Å². The summed E-state index contributed by atoms with van der Waals surface area (Å²) in [6.07, 6.45) is 0. The lowest BCUT2D eigenvalue weighted by Gasteiger charge is -2.25. The molecular weight excluding hydrogens is 226 g/mol. The van der Waals surface area contributed by atoms with Gasteiger partial charge in [-0.05, 0) is 31.2 Å². The van der Waals surface area contributed by atoms with Crippen LogP contribution in [0.5, 0.6) is 11.5 Å². The standard InChI is InChI=1S/C15H25NO2/c1-6-16-10-15(3,4)11-18-13-8-7-12(2)9-14(13)17-5/h7-9,16H,6,10-11H2,1-5H3. The van der Waals surface area contributed by atoms with E-state index < -0.39 is 0 Å². The monoisotopic (exact) mass is 251 g/mol. The number of hydrogen-bond acceptors (Lipinski definition) is 3. The van der Waals surface area contributed by atoms with Crippen LogP contribution >= 0.6 is 0 Å². The number of ether oxygens (including phenoxy) is 2. The number of methoxy groups -OCH3 is 1. The Balaban J connectivity index is 2.62. The number of rotatable bonds is 7. The Morgan fingerprint density at radius 2 is 1.94 bits per heavy atom. The fraction of sp³-hybridized carbons (Fsp3) is 0.600. The maximum Gasteiger partial charge on any atom is 0.161 e. The second-order valence-corrected chi connectivity index (χ2v) is 5.39. The lowest BCUT2D eigenvalue weighted by molar-refractivity contribution is 0.172. The van der Waals surface area contributed by atoms with Gasteiger partial charge in [0.15, 0.2) is 11.5 Å². The highest BCUT2D eigenvalue weighted by molar-refractivity contribution is 5.42. The van der Waals surface area contributed by atoms with Crippen LogP contribution in [0.4, 0.5) is 0 Å². The zero-order valence-corrected chi connectivity index (χ0v) is 12.2. The first-order valence-electron chi connectivity index (χ1n) is 6.46. The van der Waals surface area contributed by atoms with Crippen molar-refractivity contribution in [2.45, 2.75) is 27.7 Å². The summed E-state index contributed by atoms with van der Waals surface area (Å²) in [4.78, 5) is 0. The van der Waals surface area contributed by atoms with Crippen LogP contribution < -0.4 is 14.8 Å². The molecule has 1 rings (SSSR count). The Morgan fingerprint density at radius 1 is 1.22 bits per heavy atom. The van der Waals surface area contributed by atoms with E-state index in [9.17, 15) is 0 Å². The van der Waals surface area contributed by atoms with Crippen LogP contribution in [0.15, 0.2) is 18.2 Å². The van der Waals surface area contributed by atoms with E-state index in [1.165, 1.54) is 5.56 Å². The summed E-state index contributed by atoms with van der Waals surface area (Å²) in [6, 6.07) is 6.00. The molecule has 0 aromatic heterocycles. The van der Waals surface area contributed by atoms with Crippen LogP contribution in [-0.2, 0) is 0 Å². The molecule has 102 valence electrons. The lowest BCUT2D eigenvalue weighted by atomic mass is 9.95. The molecular formula is C15H25NO2. The second-order valence-electron chi connectivity index (χ2n) is 5.39. The molecule has 3 nitrogen and oxygen atoms in total. The molecule has 0 aliphatic rings. The Labute approximate surface area is 110 Å². The van der Waals surface area contributed by atoms with E-state index >= 15 is 0 Å². The Kier molecular flexibility index (Phi) is 5.48. The Hall–Kier alpha value is -1.22. The molecule has 3 heteroatoms. The van der Waals surface area contributed by atoms with Crippen LogP contribution in [-0.4, -0.2) is 26.8 Å². The minimum Gasteiger partial charge on any atom is -0.493 e. The molecule has 0 unspecified atom stereocenters. The molecule has 0 bridgehead atoms. The highest BCUT2D eigenvalue weighted by atomic mass is 16.5. The highest BCUT2D eigenvalue weighted by Crippen LogP contribution is 2.29. The zero-order valence-electron chi connectivity index (χ0n) is 12.2. The highest BCUT2D eigenvalue weighted by Gasteiger charge is 2.19. The molecule has 1 aromatic rings. The van der Waals surface area contributed by atoms with Gasteiger partial charge in [-0.2, -0.15) is 0 Å². The zero-order chi connectivity index (χ0) is 13.6. The van der Waals surface area contributed by atoms with Gasteiger partial charge < -0.3 is 14.8 Å². The molecule has 0 atom stereocenters. The first kappa shape index (κ1) is 14.8. The van der Waals surface area contributed by atoms with Crippen LogP contribution in [0.2, 0.25) is 0 Å². The van der Waals surface area contributed by atoms with E-state index in [0.717, 1.165) is 24.6 Å². The van der Waals surface area contributed by atoms with E-state index in [-0.39, 0.29) is 5.41 Å². The smallest absolute Gasteiger partial charge is 0.161 e. The van der Waals surface area contributed by atoms with Gasteiger partial charge in [0.1, 0.15) is 0 Å². The van der Waals surface area contributed by atoms with E-state index in [2.05, 4.69) is 26.1 Å². The summed E-state index contributed by atoms with van der Waals surface area (Å²) in [5, 5.41) is 3.35. The van der Waals surface area contributed by atoms with Crippen LogP contribution in [0.3, 0.4) is 0 Å².